The van der Waals surface area contributed by atoms with E-state index in [0.717, 1.165) is 12.8 Å². The van der Waals surface area contributed by atoms with E-state index in [1.54, 1.807) is 0 Å². The number of rotatable bonds is 5. The Morgan fingerprint density at radius 2 is 1.95 bits per heavy atom. The summed E-state index contributed by atoms with van der Waals surface area (Å²) in [5.74, 6) is -0.533. The van der Waals surface area contributed by atoms with Crippen molar-refractivity contribution in [3.05, 3.63) is 0 Å². The van der Waals surface area contributed by atoms with Gasteiger partial charge in [0.05, 0.1) is 0 Å². The Kier molecular flexibility index (Phi) is 4.82. The number of carbonyl (C=O) groups excluding carboxylic acids is 3. The summed E-state index contributed by atoms with van der Waals surface area (Å²) in [5, 5.41) is 5.23. The fraction of sp³-hybridized carbons (Fsp3) is 0.786. The van der Waals surface area contributed by atoms with Crippen molar-refractivity contribution in [1.29, 1.82) is 0 Å². The SMILES string of the molecule is CCC1(CC)C(=O)NC(=O)N1CC(=O)NC1CCOCC1. The molecule has 0 atom stereocenters. The van der Waals surface area contributed by atoms with Gasteiger partial charge in [0, 0.05) is 19.3 Å². The molecule has 0 spiro atoms. The third-order valence-electron chi connectivity index (χ3n) is 4.46. The van der Waals surface area contributed by atoms with E-state index in [9.17, 15) is 14.4 Å². The number of hydrogen-bond donors (Lipinski definition) is 2. The number of urea groups is 1. The average molecular weight is 297 g/mol. The maximum Gasteiger partial charge on any atom is 0.325 e. The second kappa shape index (κ2) is 6.43. The number of hydrogen-bond acceptors (Lipinski definition) is 4. The van der Waals surface area contributed by atoms with Crippen molar-refractivity contribution < 1.29 is 19.1 Å². The highest BCUT2D eigenvalue weighted by atomic mass is 16.5. The number of ether oxygens (including phenoxy) is 1. The minimum absolute atomic E-state index is 0.0867. The van der Waals surface area contributed by atoms with Crippen molar-refractivity contribution in [2.24, 2.45) is 0 Å². The summed E-state index contributed by atoms with van der Waals surface area (Å²) in [5.41, 5.74) is -0.899. The van der Waals surface area contributed by atoms with Crippen LogP contribution in [-0.4, -0.2) is 54.1 Å². The molecule has 0 bridgehead atoms. The largest absolute Gasteiger partial charge is 0.381 e. The van der Waals surface area contributed by atoms with E-state index in [2.05, 4.69) is 10.6 Å². The van der Waals surface area contributed by atoms with Crippen LogP contribution >= 0.6 is 0 Å². The van der Waals surface area contributed by atoms with Crippen LogP contribution in [0.15, 0.2) is 0 Å². The van der Waals surface area contributed by atoms with Gasteiger partial charge >= 0.3 is 6.03 Å². The fourth-order valence-electron chi connectivity index (χ4n) is 3.03. The summed E-state index contributed by atoms with van der Waals surface area (Å²) in [6, 6.07) is -0.393. The number of carbonyl (C=O) groups is 3. The lowest BCUT2D eigenvalue weighted by atomic mass is 9.91. The van der Waals surface area contributed by atoms with Crippen LogP contribution in [0, 0.1) is 0 Å². The van der Waals surface area contributed by atoms with Gasteiger partial charge in [0.2, 0.25) is 5.91 Å². The summed E-state index contributed by atoms with van der Waals surface area (Å²) in [4.78, 5) is 37.5. The van der Waals surface area contributed by atoms with Crippen LogP contribution in [0.3, 0.4) is 0 Å². The molecule has 0 unspecified atom stereocenters. The molecule has 0 aliphatic carbocycles. The second-order valence-electron chi connectivity index (χ2n) is 5.54. The fourth-order valence-corrected chi connectivity index (χ4v) is 3.03. The molecule has 4 amide bonds. The Morgan fingerprint density at radius 1 is 1.33 bits per heavy atom. The van der Waals surface area contributed by atoms with Gasteiger partial charge in [-0.05, 0) is 25.7 Å². The van der Waals surface area contributed by atoms with E-state index in [-0.39, 0.29) is 24.4 Å². The molecule has 2 heterocycles. The number of nitrogens with zero attached hydrogens (tertiary/aromatic N) is 1. The van der Waals surface area contributed by atoms with Crippen LogP contribution in [0.1, 0.15) is 39.5 Å². The lowest BCUT2D eigenvalue weighted by molar-refractivity contribution is -0.129. The highest BCUT2D eigenvalue weighted by molar-refractivity contribution is 6.08. The summed E-state index contributed by atoms with van der Waals surface area (Å²) < 4.78 is 5.24. The molecule has 118 valence electrons. The van der Waals surface area contributed by atoms with Crippen LogP contribution in [0.25, 0.3) is 0 Å². The molecular formula is C14H23N3O4. The Labute approximate surface area is 124 Å². The first-order chi connectivity index (χ1) is 10.0. The first kappa shape index (κ1) is 15.8. The lowest BCUT2D eigenvalue weighted by Gasteiger charge is -2.33. The standard InChI is InChI=1S/C14H23N3O4/c1-3-14(4-2)12(19)16-13(20)17(14)9-11(18)15-10-5-7-21-8-6-10/h10H,3-9H2,1-2H3,(H,15,18)(H,16,19,20). The van der Waals surface area contributed by atoms with E-state index in [4.69, 9.17) is 4.74 Å². The third-order valence-corrected chi connectivity index (χ3v) is 4.46. The third kappa shape index (κ3) is 3.02. The van der Waals surface area contributed by atoms with Crippen LogP contribution in [0.5, 0.6) is 0 Å². The Morgan fingerprint density at radius 3 is 2.52 bits per heavy atom. The Bertz CT molecular complexity index is 428. The van der Waals surface area contributed by atoms with Gasteiger partial charge in [0.15, 0.2) is 0 Å². The van der Waals surface area contributed by atoms with E-state index in [1.165, 1.54) is 4.90 Å². The van der Waals surface area contributed by atoms with Gasteiger partial charge in [-0.1, -0.05) is 13.8 Å². The maximum absolute atomic E-state index is 12.2. The van der Waals surface area contributed by atoms with Gasteiger partial charge in [-0.15, -0.1) is 0 Å². The van der Waals surface area contributed by atoms with E-state index in [1.807, 2.05) is 13.8 Å². The molecule has 21 heavy (non-hydrogen) atoms. The molecule has 2 aliphatic rings. The number of nitrogens with one attached hydrogen (secondary N) is 2. The molecule has 2 N–H and O–H groups in total. The van der Waals surface area contributed by atoms with Crippen LogP contribution in [0.4, 0.5) is 4.79 Å². The number of amides is 4. The molecule has 0 aromatic rings. The van der Waals surface area contributed by atoms with Gasteiger partial charge in [-0.25, -0.2) is 4.79 Å². The first-order valence-corrected chi connectivity index (χ1v) is 7.53. The summed E-state index contributed by atoms with van der Waals surface area (Å²) in [6.07, 6.45) is 2.55. The molecule has 0 aromatic heterocycles. The summed E-state index contributed by atoms with van der Waals surface area (Å²) in [7, 11) is 0. The normalized spacial score (nSPS) is 22.3. The summed E-state index contributed by atoms with van der Waals surface area (Å²) in [6.45, 7) is 4.90. The molecule has 2 fully saturated rings. The van der Waals surface area contributed by atoms with E-state index in [0.29, 0.717) is 26.1 Å². The van der Waals surface area contributed by atoms with Crippen molar-refractivity contribution in [3.8, 4) is 0 Å². The molecule has 2 saturated heterocycles. The van der Waals surface area contributed by atoms with Gasteiger partial charge < -0.3 is 15.0 Å². The molecule has 2 aliphatic heterocycles. The average Bonchev–Trinajstić information content (AvgIpc) is 2.71. The highest BCUT2D eigenvalue weighted by Crippen LogP contribution is 2.28. The molecule has 0 radical (unpaired) electrons. The van der Waals surface area contributed by atoms with E-state index < -0.39 is 11.6 Å². The van der Waals surface area contributed by atoms with Crippen molar-refractivity contribution in [1.82, 2.24) is 15.5 Å². The van der Waals surface area contributed by atoms with Crippen LogP contribution < -0.4 is 10.6 Å². The minimum Gasteiger partial charge on any atom is -0.381 e. The van der Waals surface area contributed by atoms with Gasteiger partial charge in [-0.2, -0.15) is 0 Å². The molecule has 0 aromatic carbocycles. The van der Waals surface area contributed by atoms with Crippen molar-refractivity contribution in [3.63, 3.8) is 0 Å². The molecule has 7 nitrogen and oxygen atoms in total. The maximum atomic E-state index is 12.2. The van der Waals surface area contributed by atoms with Gasteiger partial charge in [0.25, 0.3) is 5.91 Å². The topological polar surface area (TPSA) is 87.7 Å². The first-order valence-electron chi connectivity index (χ1n) is 7.53. The quantitative estimate of drug-likeness (QED) is 0.719. The zero-order valence-corrected chi connectivity index (χ0v) is 12.6. The van der Waals surface area contributed by atoms with E-state index >= 15 is 0 Å². The zero-order chi connectivity index (χ0) is 15.5. The monoisotopic (exact) mass is 297 g/mol. The predicted molar refractivity (Wildman–Crippen MR) is 75.5 cm³/mol. The second-order valence-corrected chi connectivity index (χ2v) is 5.54. The number of imide groups is 1. The van der Waals surface area contributed by atoms with Crippen LogP contribution in [0.2, 0.25) is 0 Å². The van der Waals surface area contributed by atoms with Gasteiger partial charge in [-0.3, -0.25) is 14.9 Å². The predicted octanol–water partition coefficient (Wildman–Crippen LogP) is 0.392. The molecule has 7 heteroatoms. The zero-order valence-electron chi connectivity index (χ0n) is 12.6. The molecule has 0 saturated carbocycles. The molecular weight excluding hydrogens is 274 g/mol. The Balaban J connectivity index is 2.00. The smallest absolute Gasteiger partial charge is 0.325 e. The lowest BCUT2D eigenvalue weighted by Crippen LogP contribution is -2.53. The molecule has 2 rings (SSSR count). The Hall–Kier alpha value is -1.63. The summed E-state index contributed by atoms with van der Waals surface area (Å²) >= 11 is 0. The minimum atomic E-state index is -0.899. The van der Waals surface area contributed by atoms with Crippen molar-refractivity contribution in [2.75, 3.05) is 19.8 Å². The van der Waals surface area contributed by atoms with Crippen molar-refractivity contribution >= 4 is 17.8 Å². The highest BCUT2D eigenvalue weighted by Gasteiger charge is 2.50. The van der Waals surface area contributed by atoms with Gasteiger partial charge in [0.1, 0.15) is 12.1 Å². The van der Waals surface area contributed by atoms with Crippen molar-refractivity contribution in [2.45, 2.75) is 51.1 Å². The van der Waals surface area contributed by atoms with Crippen LogP contribution in [-0.2, 0) is 14.3 Å².